The van der Waals surface area contributed by atoms with E-state index in [4.69, 9.17) is 19.8 Å². The summed E-state index contributed by atoms with van der Waals surface area (Å²) in [5.41, 5.74) is 1.30. The lowest BCUT2D eigenvalue weighted by Crippen LogP contribution is -2.39. The first-order valence-electron chi connectivity index (χ1n) is 10.6. The van der Waals surface area contributed by atoms with Crippen LogP contribution in [0.2, 0.25) is 0 Å². The molecule has 2 aromatic heterocycles. The number of alkyl halides is 6. The first kappa shape index (κ1) is 30.7. The van der Waals surface area contributed by atoms with Crippen LogP contribution in [0.1, 0.15) is 38.3 Å². The zero-order chi connectivity index (χ0) is 27.5. The molecule has 3 rings (SSSR count). The van der Waals surface area contributed by atoms with Crippen LogP contribution in [0.15, 0.2) is 36.8 Å². The molecular weight excluding hydrogens is 500 g/mol. The van der Waals surface area contributed by atoms with Crippen molar-refractivity contribution < 1.29 is 46.1 Å². The third kappa shape index (κ3) is 11.4. The molecule has 1 aliphatic heterocycles. The van der Waals surface area contributed by atoms with Crippen molar-refractivity contribution in [3.8, 4) is 0 Å². The van der Waals surface area contributed by atoms with Gasteiger partial charge in [-0.15, -0.1) is 0 Å². The zero-order valence-electron chi connectivity index (χ0n) is 19.4. The Balaban J connectivity index is 0.000000383. The minimum Gasteiger partial charge on any atom is -0.475 e. The van der Waals surface area contributed by atoms with Crippen molar-refractivity contribution in [1.29, 1.82) is 0 Å². The first-order valence-corrected chi connectivity index (χ1v) is 10.6. The molecule has 202 valence electrons. The summed E-state index contributed by atoms with van der Waals surface area (Å²) in [5.74, 6) is -4.37. The number of hydrogen-bond donors (Lipinski definition) is 3. The number of aromatic nitrogens is 3. The smallest absolute Gasteiger partial charge is 0.475 e. The second kappa shape index (κ2) is 13.7. The molecule has 0 amide bonds. The summed E-state index contributed by atoms with van der Waals surface area (Å²) < 4.78 is 65.5. The Labute approximate surface area is 202 Å². The molecule has 3 heterocycles. The summed E-state index contributed by atoms with van der Waals surface area (Å²) in [5, 5.41) is 22.3. The fraction of sp³-hybridized carbons (Fsp3) is 0.524. The molecule has 0 bridgehead atoms. The van der Waals surface area contributed by atoms with Gasteiger partial charge in [0.15, 0.2) is 0 Å². The third-order valence-corrected chi connectivity index (χ3v) is 4.71. The van der Waals surface area contributed by atoms with Crippen LogP contribution in [0.4, 0.5) is 32.2 Å². The number of piperidine rings is 1. The highest BCUT2D eigenvalue weighted by atomic mass is 19.4. The molecule has 1 aliphatic rings. The van der Waals surface area contributed by atoms with Crippen molar-refractivity contribution in [3.63, 3.8) is 0 Å². The molecule has 36 heavy (non-hydrogen) atoms. The summed E-state index contributed by atoms with van der Waals surface area (Å²) in [6.45, 7) is 7.58. The molecule has 0 spiro atoms. The maximum absolute atomic E-state index is 10.6. The van der Waals surface area contributed by atoms with Crippen molar-refractivity contribution in [2.24, 2.45) is 0 Å². The predicted octanol–water partition coefficient (Wildman–Crippen LogP) is 4.20. The van der Waals surface area contributed by atoms with E-state index in [9.17, 15) is 26.3 Å². The quantitative estimate of drug-likeness (QED) is 0.495. The van der Waals surface area contributed by atoms with Gasteiger partial charge in [0.05, 0.1) is 6.20 Å². The number of carbonyl (C=O) groups is 2. The fourth-order valence-corrected chi connectivity index (χ4v) is 3.03. The van der Waals surface area contributed by atoms with E-state index in [2.05, 4.69) is 51.0 Å². The largest absolute Gasteiger partial charge is 0.490 e. The van der Waals surface area contributed by atoms with Gasteiger partial charge >= 0.3 is 24.3 Å². The Morgan fingerprint density at radius 3 is 1.97 bits per heavy atom. The summed E-state index contributed by atoms with van der Waals surface area (Å²) >= 11 is 0. The average Bonchev–Trinajstić information content (AvgIpc) is 3.24. The van der Waals surface area contributed by atoms with Gasteiger partial charge in [-0.2, -0.15) is 31.4 Å². The summed E-state index contributed by atoms with van der Waals surface area (Å²) in [6.07, 6.45) is -2.16. The molecule has 9 nitrogen and oxygen atoms in total. The highest BCUT2D eigenvalue weighted by Crippen LogP contribution is 2.20. The van der Waals surface area contributed by atoms with Gasteiger partial charge in [-0.25, -0.2) is 14.3 Å². The van der Waals surface area contributed by atoms with Gasteiger partial charge in [0, 0.05) is 50.2 Å². The van der Waals surface area contributed by atoms with E-state index in [-0.39, 0.29) is 0 Å². The van der Waals surface area contributed by atoms with Crippen molar-refractivity contribution in [2.75, 3.05) is 18.4 Å². The number of carboxylic acid groups (broad SMARTS) is 2. The van der Waals surface area contributed by atoms with E-state index in [0.717, 1.165) is 25.5 Å². The summed E-state index contributed by atoms with van der Waals surface area (Å²) in [4.78, 5) is 24.5. The number of hydrogen-bond acceptors (Lipinski definition) is 6. The van der Waals surface area contributed by atoms with Crippen LogP contribution in [-0.2, 0) is 16.1 Å². The molecule has 0 atom stereocenters. The fourth-order valence-electron chi connectivity index (χ4n) is 3.03. The Hall–Kier alpha value is -3.36. The van der Waals surface area contributed by atoms with Crippen LogP contribution in [-0.4, -0.2) is 73.3 Å². The number of nitrogens with one attached hydrogen (secondary N) is 1. The van der Waals surface area contributed by atoms with Crippen molar-refractivity contribution in [3.05, 3.63) is 42.4 Å². The molecular formula is C21H27F6N5O4. The SMILES string of the molecule is CC(C)n1nccc1NC1CCN(Cc2cccnc2)CC1.O=C(O)C(F)(F)F.O=C(O)C(F)(F)F. The summed E-state index contributed by atoms with van der Waals surface area (Å²) in [6, 6.07) is 7.17. The second-order valence-corrected chi connectivity index (χ2v) is 7.92. The number of halogens is 6. The predicted molar refractivity (Wildman–Crippen MR) is 116 cm³/mol. The molecule has 0 aromatic carbocycles. The molecule has 0 aliphatic carbocycles. The van der Waals surface area contributed by atoms with Crippen molar-refractivity contribution in [1.82, 2.24) is 19.7 Å². The normalized spacial score (nSPS) is 14.8. The van der Waals surface area contributed by atoms with E-state index in [1.54, 1.807) is 0 Å². The monoisotopic (exact) mass is 527 g/mol. The standard InChI is InChI=1S/C17H25N5.2C2HF3O2/c1-14(2)22-17(5-9-19-22)20-16-6-10-21(11-7-16)13-15-4-3-8-18-12-15;2*3-2(4,5)1(6)7/h3-5,8-9,12,14,16,20H,6-7,10-11,13H2,1-2H3;2*(H,6,7). The molecule has 1 saturated heterocycles. The van der Waals surface area contributed by atoms with E-state index in [1.807, 2.05) is 24.7 Å². The summed E-state index contributed by atoms with van der Waals surface area (Å²) in [7, 11) is 0. The highest BCUT2D eigenvalue weighted by molar-refractivity contribution is 5.73. The van der Waals surface area contributed by atoms with Gasteiger partial charge < -0.3 is 15.5 Å². The maximum atomic E-state index is 10.6. The first-order chi connectivity index (χ1) is 16.6. The second-order valence-electron chi connectivity index (χ2n) is 7.92. The number of aliphatic carboxylic acids is 2. The van der Waals surface area contributed by atoms with Crippen molar-refractivity contribution >= 4 is 17.8 Å². The van der Waals surface area contributed by atoms with Crippen LogP contribution in [0.25, 0.3) is 0 Å². The minimum absolute atomic E-state index is 0.392. The number of likely N-dealkylation sites (tertiary alicyclic amines) is 1. The van der Waals surface area contributed by atoms with Crippen LogP contribution in [0.5, 0.6) is 0 Å². The molecule has 0 saturated carbocycles. The lowest BCUT2D eigenvalue weighted by molar-refractivity contribution is -0.193. The minimum atomic E-state index is -5.08. The van der Waals surface area contributed by atoms with E-state index in [0.29, 0.717) is 12.1 Å². The van der Waals surface area contributed by atoms with Crippen LogP contribution in [0, 0.1) is 0 Å². The molecule has 2 aromatic rings. The molecule has 15 heteroatoms. The Bertz CT molecular complexity index is 918. The Kier molecular flexibility index (Phi) is 11.6. The lowest BCUT2D eigenvalue weighted by Gasteiger charge is -2.33. The Morgan fingerprint density at radius 1 is 1.03 bits per heavy atom. The van der Waals surface area contributed by atoms with Crippen LogP contribution >= 0.6 is 0 Å². The topological polar surface area (TPSA) is 121 Å². The van der Waals surface area contributed by atoms with Gasteiger partial charge in [-0.05, 0) is 38.3 Å². The molecule has 1 fully saturated rings. The number of pyridine rings is 1. The maximum Gasteiger partial charge on any atom is 0.490 e. The van der Waals surface area contributed by atoms with Gasteiger partial charge in [0.2, 0.25) is 0 Å². The highest BCUT2D eigenvalue weighted by Gasteiger charge is 2.38. The number of rotatable bonds is 5. The van der Waals surface area contributed by atoms with E-state index >= 15 is 0 Å². The van der Waals surface area contributed by atoms with E-state index < -0.39 is 24.3 Å². The van der Waals surface area contributed by atoms with Crippen LogP contribution < -0.4 is 5.32 Å². The van der Waals surface area contributed by atoms with Gasteiger partial charge in [-0.1, -0.05) is 6.07 Å². The average molecular weight is 527 g/mol. The molecule has 0 unspecified atom stereocenters. The molecule has 3 N–H and O–H groups in total. The van der Waals surface area contributed by atoms with Crippen LogP contribution in [0.3, 0.4) is 0 Å². The third-order valence-electron chi connectivity index (χ3n) is 4.71. The van der Waals surface area contributed by atoms with Gasteiger partial charge in [0.1, 0.15) is 5.82 Å². The number of carboxylic acids is 2. The van der Waals surface area contributed by atoms with E-state index in [1.165, 1.54) is 18.4 Å². The van der Waals surface area contributed by atoms with Gasteiger partial charge in [0.25, 0.3) is 0 Å². The zero-order valence-corrected chi connectivity index (χ0v) is 19.4. The number of anilines is 1. The molecule has 0 radical (unpaired) electrons. The lowest BCUT2D eigenvalue weighted by atomic mass is 10.0. The number of nitrogens with zero attached hydrogens (tertiary/aromatic N) is 4. The van der Waals surface area contributed by atoms with Crippen molar-refractivity contribution in [2.45, 2.75) is 57.7 Å². The van der Waals surface area contributed by atoms with Gasteiger partial charge in [-0.3, -0.25) is 9.88 Å². The Morgan fingerprint density at radius 2 is 1.56 bits per heavy atom.